The Morgan fingerprint density at radius 2 is 2.11 bits per heavy atom. The summed E-state index contributed by atoms with van der Waals surface area (Å²) in [6, 6.07) is 7.59. The third-order valence-corrected chi connectivity index (χ3v) is 3.91. The van der Waals surface area contributed by atoms with E-state index in [9.17, 15) is 4.39 Å². The highest BCUT2D eigenvalue weighted by Gasteiger charge is 2.26. The van der Waals surface area contributed by atoms with Crippen LogP contribution in [0, 0.1) is 5.82 Å². The van der Waals surface area contributed by atoms with E-state index in [1.165, 1.54) is 18.4 Å². The summed E-state index contributed by atoms with van der Waals surface area (Å²) >= 11 is 0. The molecule has 1 N–H and O–H groups in total. The Balaban J connectivity index is 2.04. The van der Waals surface area contributed by atoms with Gasteiger partial charge in [0.05, 0.1) is 6.10 Å². The van der Waals surface area contributed by atoms with Crippen molar-refractivity contribution in [3.63, 3.8) is 0 Å². The molecule has 1 aromatic carbocycles. The van der Waals surface area contributed by atoms with Crippen LogP contribution in [0.1, 0.15) is 51.1 Å². The summed E-state index contributed by atoms with van der Waals surface area (Å²) in [5.74, 6) is -0.171. The van der Waals surface area contributed by atoms with Crippen molar-refractivity contribution in [3.05, 3.63) is 35.6 Å². The second-order valence-corrected chi connectivity index (χ2v) is 5.38. The van der Waals surface area contributed by atoms with E-state index in [-0.39, 0.29) is 11.9 Å². The topological polar surface area (TPSA) is 21.3 Å². The summed E-state index contributed by atoms with van der Waals surface area (Å²) in [6.45, 7) is 5.15. The van der Waals surface area contributed by atoms with Crippen LogP contribution in [-0.4, -0.2) is 18.8 Å². The van der Waals surface area contributed by atoms with Gasteiger partial charge in [0, 0.05) is 18.7 Å². The highest BCUT2D eigenvalue weighted by Crippen LogP contribution is 2.24. The molecule has 2 rings (SSSR count). The Kier molecular flexibility index (Phi) is 5.34. The van der Waals surface area contributed by atoms with Crippen LogP contribution in [0.2, 0.25) is 0 Å². The Morgan fingerprint density at radius 1 is 1.37 bits per heavy atom. The second-order valence-electron chi connectivity index (χ2n) is 5.38. The van der Waals surface area contributed by atoms with Gasteiger partial charge in [-0.2, -0.15) is 0 Å². The summed E-state index contributed by atoms with van der Waals surface area (Å²) in [5.41, 5.74) is 1.17. The van der Waals surface area contributed by atoms with Gasteiger partial charge in [-0.05, 0) is 37.5 Å². The largest absolute Gasteiger partial charge is 0.377 e. The van der Waals surface area contributed by atoms with Gasteiger partial charge in [-0.1, -0.05) is 31.9 Å². The van der Waals surface area contributed by atoms with Crippen LogP contribution in [0.3, 0.4) is 0 Å². The zero-order valence-corrected chi connectivity index (χ0v) is 11.9. The Morgan fingerprint density at radius 3 is 2.68 bits per heavy atom. The third-order valence-electron chi connectivity index (χ3n) is 3.91. The first kappa shape index (κ1) is 14.5. The van der Waals surface area contributed by atoms with Crippen LogP contribution >= 0.6 is 0 Å². The predicted octanol–water partition coefficient (Wildman–Crippen LogP) is 3.82. The lowest BCUT2D eigenvalue weighted by Crippen LogP contribution is -2.37. The molecule has 106 valence electrons. The number of unbranched alkanes of at least 4 members (excludes halogenated alkanes) is 1. The van der Waals surface area contributed by atoms with E-state index in [4.69, 9.17) is 4.74 Å². The third kappa shape index (κ3) is 4.02. The molecule has 0 spiro atoms. The van der Waals surface area contributed by atoms with Gasteiger partial charge in [0.1, 0.15) is 5.82 Å². The summed E-state index contributed by atoms with van der Waals surface area (Å²) in [7, 11) is 0. The van der Waals surface area contributed by atoms with Crippen molar-refractivity contribution in [2.75, 3.05) is 6.61 Å². The maximum absolute atomic E-state index is 13.0. The molecule has 0 amide bonds. The van der Waals surface area contributed by atoms with E-state index in [1.54, 1.807) is 12.1 Å². The zero-order valence-electron chi connectivity index (χ0n) is 11.9. The number of rotatable bonds is 6. The van der Waals surface area contributed by atoms with Crippen molar-refractivity contribution < 1.29 is 9.13 Å². The van der Waals surface area contributed by atoms with Gasteiger partial charge >= 0.3 is 0 Å². The maximum atomic E-state index is 13.0. The molecule has 0 saturated carbocycles. The molecule has 3 unspecified atom stereocenters. The first-order valence-corrected chi connectivity index (χ1v) is 7.34. The smallest absolute Gasteiger partial charge is 0.123 e. The van der Waals surface area contributed by atoms with Crippen molar-refractivity contribution in [2.45, 2.75) is 57.7 Å². The van der Waals surface area contributed by atoms with E-state index < -0.39 is 0 Å². The van der Waals surface area contributed by atoms with Crippen molar-refractivity contribution >= 4 is 0 Å². The van der Waals surface area contributed by atoms with E-state index in [0.29, 0.717) is 12.1 Å². The van der Waals surface area contributed by atoms with Crippen molar-refractivity contribution in [1.29, 1.82) is 0 Å². The number of benzene rings is 1. The van der Waals surface area contributed by atoms with Gasteiger partial charge in [0.15, 0.2) is 0 Å². The summed E-state index contributed by atoms with van der Waals surface area (Å²) in [6.07, 6.45) is 4.77. The van der Waals surface area contributed by atoms with E-state index in [0.717, 1.165) is 19.4 Å². The van der Waals surface area contributed by atoms with Gasteiger partial charge in [0.25, 0.3) is 0 Å². The first-order chi connectivity index (χ1) is 9.20. The van der Waals surface area contributed by atoms with Crippen LogP contribution in [0.4, 0.5) is 4.39 Å². The number of hydrogen-bond acceptors (Lipinski definition) is 2. The minimum absolute atomic E-state index is 0.171. The molecular formula is C16H24FNO. The van der Waals surface area contributed by atoms with Crippen molar-refractivity contribution in [3.8, 4) is 0 Å². The average Bonchev–Trinajstić information content (AvgIpc) is 2.81. The fourth-order valence-corrected chi connectivity index (χ4v) is 2.66. The van der Waals surface area contributed by atoms with Crippen LogP contribution in [-0.2, 0) is 4.74 Å². The molecule has 1 aliphatic rings. The number of halogens is 1. The number of ether oxygens (including phenoxy) is 1. The van der Waals surface area contributed by atoms with Gasteiger partial charge in [0.2, 0.25) is 0 Å². The minimum Gasteiger partial charge on any atom is -0.377 e. The molecule has 1 aromatic rings. The van der Waals surface area contributed by atoms with Gasteiger partial charge in [-0.25, -0.2) is 4.39 Å². The van der Waals surface area contributed by atoms with Crippen LogP contribution in [0.25, 0.3) is 0 Å². The molecule has 0 aliphatic carbocycles. The molecule has 1 heterocycles. The monoisotopic (exact) mass is 265 g/mol. The second kappa shape index (κ2) is 7.01. The summed E-state index contributed by atoms with van der Waals surface area (Å²) < 4.78 is 18.6. The Hall–Kier alpha value is -0.930. The van der Waals surface area contributed by atoms with Gasteiger partial charge in [-0.3, -0.25) is 0 Å². The quantitative estimate of drug-likeness (QED) is 0.844. The van der Waals surface area contributed by atoms with Crippen LogP contribution in [0.5, 0.6) is 0 Å². The molecule has 1 fully saturated rings. The summed E-state index contributed by atoms with van der Waals surface area (Å²) in [4.78, 5) is 0. The highest BCUT2D eigenvalue weighted by atomic mass is 19.1. The maximum Gasteiger partial charge on any atom is 0.123 e. The lowest BCUT2D eigenvalue weighted by Gasteiger charge is -2.25. The Labute approximate surface area is 115 Å². The fraction of sp³-hybridized carbons (Fsp3) is 0.625. The standard InChI is InChI=1S/C16H24FNO/c1-3-4-5-16(13-6-8-14(17)9-7-13)18-15-10-11-19-12(15)2/h6-9,12,15-16,18H,3-5,10-11H2,1-2H3. The van der Waals surface area contributed by atoms with Gasteiger partial charge in [-0.15, -0.1) is 0 Å². The molecule has 0 bridgehead atoms. The number of hydrogen-bond donors (Lipinski definition) is 1. The molecule has 1 aliphatic heterocycles. The van der Waals surface area contributed by atoms with Crippen molar-refractivity contribution in [2.24, 2.45) is 0 Å². The summed E-state index contributed by atoms with van der Waals surface area (Å²) in [5, 5.41) is 3.69. The normalized spacial score (nSPS) is 24.6. The van der Waals surface area contributed by atoms with Gasteiger partial charge < -0.3 is 10.1 Å². The predicted molar refractivity (Wildman–Crippen MR) is 75.6 cm³/mol. The van der Waals surface area contributed by atoms with E-state index in [2.05, 4.69) is 19.2 Å². The Bertz CT molecular complexity index is 379. The molecule has 1 saturated heterocycles. The van der Waals surface area contributed by atoms with Crippen molar-refractivity contribution in [1.82, 2.24) is 5.32 Å². The molecular weight excluding hydrogens is 241 g/mol. The minimum atomic E-state index is -0.171. The lowest BCUT2D eigenvalue weighted by molar-refractivity contribution is 0.110. The lowest BCUT2D eigenvalue weighted by atomic mass is 9.99. The zero-order chi connectivity index (χ0) is 13.7. The highest BCUT2D eigenvalue weighted by molar-refractivity contribution is 5.20. The van der Waals surface area contributed by atoms with E-state index in [1.807, 2.05) is 12.1 Å². The molecule has 3 atom stereocenters. The van der Waals surface area contributed by atoms with E-state index >= 15 is 0 Å². The molecule has 3 heteroatoms. The number of nitrogens with one attached hydrogen (secondary N) is 1. The van der Waals surface area contributed by atoms with Crippen LogP contribution in [0.15, 0.2) is 24.3 Å². The average molecular weight is 265 g/mol. The molecule has 2 nitrogen and oxygen atoms in total. The first-order valence-electron chi connectivity index (χ1n) is 7.34. The SMILES string of the molecule is CCCCC(NC1CCOC1C)c1ccc(F)cc1. The fourth-order valence-electron chi connectivity index (χ4n) is 2.66. The molecule has 19 heavy (non-hydrogen) atoms. The van der Waals surface area contributed by atoms with Crippen LogP contribution < -0.4 is 5.32 Å². The molecule has 0 aromatic heterocycles. The molecule has 0 radical (unpaired) electrons.